The van der Waals surface area contributed by atoms with Gasteiger partial charge in [0.1, 0.15) is 0 Å². The van der Waals surface area contributed by atoms with Crippen LogP contribution in [0.3, 0.4) is 0 Å². The molecule has 21 heavy (non-hydrogen) atoms. The smallest absolute Gasteiger partial charge is 0.462 e. The van der Waals surface area contributed by atoms with Crippen LogP contribution >= 0.6 is 0 Å². The lowest BCUT2D eigenvalue weighted by molar-refractivity contribution is -0.0937. The van der Waals surface area contributed by atoms with E-state index in [9.17, 15) is 4.79 Å². The summed E-state index contributed by atoms with van der Waals surface area (Å²) in [6.07, 6.45) is 3.14. The van der Waals surface area contributed by atoms with Gasteiger partial charge in [-0.2, -0.15) is 0 Å². The standard InChI is InChI=1S/C15H22BNO4/c1-6-19-13(18)11-7-12(9-17-8-11)16-20-10-14(2,3)15(4,5)21-16/h7-9H,6,10H2,1-5H3. The molecule has 5 nitrogen and oxygen atoms in total. The molecule has 2 heterocycles. The first-order chi connectivity index (χ1) is 9.77. The van der Waals surface area contributed by atoms with Crippen molar-refractivity contribution >= 4 is 18.6 Å². The largest absolute Gasteiger partial charge is 0.495 e. The van der Waals surface area contributed by atoms with E-state index in [2.05, 4.69) is 18.8 Å². The number of pyridine rings is 1. The molecule has 0 aliphatic carbocycles. The van der Waals surface area contributed by atoms with Crippen LogP contribution in [-0.4, -0.2) is 36.9 Å². The van der Waals surface area contributed by atoms with Crippen LogP contribution in [-0.2, 0) is 14.0 Å². The molecule has 0 unspecified atom stereocenters. The van der Waals surface area contributed by atoms with E-state index in [-0.39, 0.29) is 17.0 Å². The van der Waals surface area contributed by atoms with Gasteiger partial charge in [0.2, 0.25) is 0 Å². The topological polar surface area (TPSA) is 57.7 Å². The number of ether oxygens (including phenoxy) is 1. The summed E-state index contributed by atoms with van der Waals surface area (Å²) in [5, 5.41) is 0. The highest BCUT2D eigenvalue weighted by molar-refractivity contribution is 6.61. The number of hydrogen-bond donors (Lipinski definition) is 0. The van der Waals surface area contributed by atoms with Crippen LogP contribution in [0.1, 0.15) is 45.0 Å². The summed E-state index contributed by atoms with van der Waals surface area (Å²) in [7, 11) is -0.519. The fourth-order valence-electron chi connectivity index (χ4n) is 2.00. The van der Waals surface area contributed by atoms with Gasteiger partial charge in [0, 0.05) is 29.9 Å². The van der Waals surface area contributed by atoms with Gasteiger partial charge in [-0.3, -0.25) is 4.98 Å². The second-order valence-electron chi connectivity index (χ2n) is 6.38. The molecule has 6 heteroatoms. The van der Waals surface area contributed by atoms with Crippen molar-refractivity contribution in [2.45, 2.75) is 40.2 Å². The lowest BCUT2D eigenvalue weighted by Gasteiger charge is -2.47. The maximum Gasteiger partial charge on any atom is 0.495 e. The summed E-state index contributed by atoms with van der Waals surface area (Å²) >= 11 is 0. The average Bonchev–Trinajstić information content (AvgIpc) is 2.42. The molecule has 1 aromatic heterocycles. The van der Waals surface area contributed by atoms with E-state index >= 15 is 0 Å². The Balaban J connectivity index is 2.20. The Bertz CT molecular complexity index is 530. The lowest BCUT2D eigenvalue weighted by Crippen LogP contribution is -2.58. The third-order valence-electron chi connectivity index (χ3n) is 4.17. The number of esters is 1. The zero-order valence-electron chi connectivity index (χ0n) is 13.3. The SMILES string of the molecule is CCOC(=O)c1cncc(B2OCC(C)(C)C(C)(C)O2)c1. The molecule has 1 saturated heterocycles. The first-order valence-corrected chi connectivity index (χ1v) is 7.18. The van der Waals surface area contributed by atoms with Gasteiger partial charge in [-0.25, -0.2) is 4.79 Å². The van der Waals surface area contributed by atoms with Crippen LogP contribution in [0, 0.1) is 5.41 Å². The molecule has 0 saturated carbocycles. The van der Waals surface area contributed by atoms with Crippen LogP contribution in [0.5, 0.6) is 0 Å². The van der Waals surface area contributed by atoms with Crippen LogP contribution < -0.4 is 5.46 Å². The highest BCUT2D eigenvalue weighted by atomic mass is 16.6. The van der Waals surface area contributed by atoms with E-state index < -0.39 is 7.12 Å². The highest BCUT2D eigenvalue weighted by Crippen LogP contribution is 2.37. The second kappa shape index (κ2) is 5.77. The molecule has 2 rings (SSSR count). The van der Waals surface area contributed by atoms with Crippen molar-refractivity contribution in [2.75, 3.05) is 13.2 Å². The number of carbonyl (C=O) groups is 1. The molecule has 0 atom stereocenters. The van der Waals surface area contributed by atoms with Crippen LogP contribution in [0.25, 0.3) is 0 Å². The van der Waals surface area contributed by atoms with Crippen molar-refractivity contribution in [3.63, 3.8) is 0 Å². The molecule has 1 aromatic rings. The number of rotatable bonds is 3. The van der Waals surface area contributed by atoms with E-state index in [0.717, 1.165) is 5.46 Å². The van der Waals surface area contributed by atoms with Crippen LogP contribution in [0.4, 0.5) is 0 Å². The minimum atomic E-state index is -0.519. The molecule has 0 amide bonds. The van der Waals surface area contributed by atoms with Crippen LogP contribution in [0.2, 0.25) is 0 Å². The third-order valence-corrected chi connectivity index (χ3v) is 4.17. The monoisotopic (exact) mass is 291 g/mol. The Morgan fingerprint density at radius 3 is 2.71 bits per heavy atom. The van der Waals surface area contributed by atoms with Gasteiger partial charge in [0.15, 0.2) is 0 Å². The van der Waals surface area contributed by atoms with E-state index in [1.54, 1.807) is 19.2 Å². The van der Waals surface area contributed by atoms with Gasteiger partial charge < -0.3 is 14.0 Å². The Hall–Kier alpha value is -1.40. The number of carbonyl (C=O) groups excluding carboxylic acids is 1. The molecule has 0 spiro atoms. The fourth-order valence-corrected chi connectivity index (χ4v) is 2.00. The van der Waals surface area contributed by atoms with Gasteiger partial charge in [0.25, 0.3) is 0 Å². The summed E-state index contributed by atoms with van der Waals surface area (Å²) in [5.41, 5.74) is 0.708. The molecule has 114 valence electrons. The zero-order valence-corrected chi connectivity index (χ0v) is 13.3. The predicted molar refractivity (Wildman–Crippen MR) is 80.5 cm³/mol. The molecule has 0 aromatic carbocycles. The van der Waals surface area contributed by atoms with Gasteiger partial charge in [-0.05, 0) is 26.8 Å². The molecule has 1 aliphatic heterocycles. The lowest BCUT2D eigenvalue weighted by atomic mass is 9.69. The van der Waals surface area contributed by atoms with E-state index in [1.165, 1.54) is 6.20 Å². The maximum atomic E-state index is 11.8. The molecule has 0 bridgehead atoms. The fraction of sp³-hybridized carbons (Fsp3) is 0.600. The molecular weight excluding hydrogens is 269 g/mol. The molecule has 1 aliphatic rings. The first-order valence-electron chi connectivity index (χ1n) is 7.18. The summed E-state index contributed by atoms with van der Waals surface area (Å²) in [6, 6.07) is 1.71. The van der Waals surface area contributed by atoms with Crippen molar-refractivity contribution in [2.24, 2.45) is 5.41 Å². The summed E-state index contributed by atoms with van der Waals surface area (Å²) in [6.45, 7) is 11.0. The van der Waals surface area contributed by atoms with Crippen molar-refractivity contribution in [1.82, 2.24) is 4.98 Å². The number of aromatic nitrogens is 1. The Labute approximate surface area is 126 Å². The van der Waals surface area contributed by atoms with Crippen molar-refractivity contribution in [3.8, 4) is 0 Å². The minimum Gasteiger partial charge on any atom is -0.462 e. The number of nitrogens with zero attached hydrogens (tertiary/aromatic N) is 1. The van der Waals surface area contributed by atoms with Gasteiger partial charge in [0.05, 0.1) is 17.8 Å². The summed E-state index contributed by atoms with van der Waals surface area (Å²) < 4.78 is 16.8. The third kappa shape index (κ3) is 3.27. The van der Waals surface area contributed by atoms with Crippen LogP contribution in [0.15, 0.2) is 18.5 Å². The summed E-state index contributed by atoms with van der Waals surface area (Å²) in [5.74, 6) is -0.387. The average molecular weight is 291 g/mol. The van der Waals surface area contributed by atoms with E-state index in [4.69, 9.17) is 14.0 Å². The molecule has 1 fully saturated rings. The van der Waals surface area contributed by atoms with Crippen molar-refractivity contribution in [1.29, 1.82) is 0 Å². The summed E-state index contributed by atoms with van der Waals surface area (Å²) in [4.78, 5) is 15.9. The molecule has 0 radical (unpaired) electrons. The Morgan fingerprint density at radius 1 is 1.38 bits per heavy atom. The first kappa shape index (κ1) is 16.0. The second-order valence-corrected chi connectivity index (χ2v) is 6.38. The molecule has 0 N–H and O–H groups in total. The Kier molecular flexibility index (Phi) is 4.39. The Morgan fingerprint density at radius 2 is 2.10 bits per heavy atom. The number of hydrogen-bond acceptors (Lipinski definition) is 5. The maximum absolute atomic E-state index is 11.8. The van der Waals surface area contributed by atoms with E-state index in [0.29, 0.717) is 18.8 Å². The molecular formula is C15H22BNO4. The van der Waals surface area contributed by atoms with E-state index in [1.807, 2.05) is 13.8 Å². The highest BCUT2D eigenvalue weighted by Gasteiger charge is 2.47. The van der Waals surface area contributed by atoms with Gasteiger partial charge >= 0.3 is 13.1 Å². The van der Waals surface area contributed by atoms with Gasteiger partial charge in [-0.1, -0.05) is 13.8 Å². The van der Waals surface area contributed by atoms with Crippen molar-refractivity contribution < 1.29 is 18.8 Å². The van der Waals surface area contributed by atoms with Crippen molar-refractivity contribution in [3.05, 3.63) is 24.0 Å². The minimum absolute atomic E-state index is 0.0876. The predicted octanol–water partition coefficient (Wildman–Crippen LogP) is 1.81. The normalized spacial score (nSPS) is 20.1. The quantitative estimate of drug-likeness (QED) is 0.628. The van der Waals surface area contributed by atoms with Gasteiger partial charge in [-0.15, -0.1) is 0 Å². The zero-order chi connectivity index (χ0) is 15.7.